The molecule has 0 atom stereocenters. The summed E-state index contributed by atoms with van der Waals surface area (Å²) in [5, 5.41) is 19.9. The molecule has 104 valence electrons. The van der Waals surface area contributed by atoms with Crippen molar-refractivity contribution in [3.05, 3.63) is 53.4 Å². The highest BCUT2D eigenvalue weighted by Gasteiger charge is 2.19. The standard InChI is InChI=1S/C14H9BClFN2O2/c16-8-3-4-12(17)10(6-8)13-7-11(15(20)21)9-2-1-5-18-14(9)19-13/h1-7,20-21H. The molecular formula is C14H9BClFN2O2. The second-order valence-corrected chi connectivity index (χ2v) is 4.91. The first-order valence-corrected chi connectivity index (χ1v) is 6.51. The third-order valence-corrected chi connectivity index (χ3v) is 3.33. The average molecular weight is 303 g/mol. The van der Waals surface area contributed by atoms with E-state index in [1.165, 1.54) is 30.5 Å². The van der Waals surface area contributed by atoms with Crippen LogP contribution in [0.15, 0.2) is 42.6 Å². The third-order valence-electron chi connectivity index (χ3n) is 3.10. The molecule has 0 amide bonds. The molecule has 2 aromatic heterocycles. The Morgan fingerprint density at radius 2 is 1.95 bits per heavy atom. The summed E-state index contributed by atoms with van der Waals surface area (Å²) in [5.74, 6) is -0.499. The molecule has 3 rings (SSSR count). The molecular weight excluding hydrogens is 293 g/mol. The van der Waals surface area contributed by atoms with E-state index < -0.39 is 12.9 Å². The fourth-order valence-corrected chi connectivity index (χ4v) is 2.30. The molecule has 0 unspecified atom stereocenters. The third kappa shape index (κ3) is 2.61. The first-order chi connectivity index (χ1) is 10.1. The fraction of sp³-hybridized carbons (Fsp3) is 0. The van der Waals surface area contributed by atoms with E-state index in [4.69, 9.17) is 11.6 Å². The van der Waals surface area contributed by atoms with E-state index in [1.54, 1.807) is 12.1 Å². The summed E-state index contributed by atoms with van der Waals surface area (Å²) in [6.45, 7) is 0. The van der Waals surface area contributed by atoms with Crippen molar-refractivity contribution in [3.63, 3.8) is 0 Å². The maximum atomic E-state index is 13.9. The van der Waals surface area contributed by atoms with Gasteiger partial charge in [0, 0.05) is 22.2 Å². The quantitative estimate of drug-likeness (QED) is 0.708. The zero-order valence-electron chi connectivity index (χ0n) is 10.7. The van der Waals surface area contributed by atoms with Crippen LogP contribution in [0.25, 0.3) is 22.3 Å². The molecule has 0 aliphatic heterocycles. The van der Waals surface area contributed by atoms with Crippen molar-refractivity contribution in [2.24, 2.45) is 0 Å². The number of hydrogen-bond donors (Lipinski definition) is 2. The summed E-state index contributed by atoms with van der Waals surface area (Å²) in [6.07, 6.45) is 1.53. The summed E-state index contributed by atoms with van der Waals surface area (Å²) >= 11 is 5.88. The van der Waals surface area contributed by atoms with Crippen LogP contribution in [-0.2, 0) is 0 Å². The number of halogens is 2. The van der Waals surface area contributed by atoms with Gasteiger partial charge < -0.3 is 10.0 Å². The van der Waals surface area contributed by atoms with Crippen LogP contribution in [0.2, 0.25) is 5.02 Å². The molecule has 7 heteroatoms. The van der Waals surface area contributed by atoms with Crippen molar-refractivity contribution < 1.29 is 14.4 Å². The lowest BCUT2D eigenvalue weighted by molar-refractivity contribution is 0.426. The second-order valence-electron chi connectivity index (χ2n) is 4.47. The van der Waals surface area contributed by atoms with Gasteiger partial charge >= 0.3 is 7.12 Å². The summed E-state index contributed by atoms with van der Waals surface area (Å²) in [7, 11) is -1.71. The lowest BCUT2D eigenvalue weighted by atomic mass is 9.78. The van der Waals surface area contributed by atoms with E-state index in [-0.39, 0.29) is 16.7 Å². The van der Waals surface area contributed by atoms with E-state index in [9.17, 15) is 14.4 Å². The highest BCUT2D eigenvalue weighted by atomic mass is 35.5. The minimum absolute atomic E-state index is 0.178. The molecule has 0 aliphatic rings. The topological polar surface area (TPSA) is 66.2 Å². The molecule has 2 N–H and O–H groups in total. The highest BCUT2D eigenvalue weighted by Crippen LogP contribution is 2.25. The van der Waals surface area contributed by atoms with Gasteiger partial charge in [0.25, 0.3) is 0 Å². The van der Waals surface area contributed by atoms with E-state index >= 15 is 0 Å². The number of aromatic nitrogens is 2. The fourth-order valence-electron chi connectivity index (χ4n) is 2.13. The number of benzene rings is 1. The molecule has 0 saturated carbocycles. The van der Waals surface area contributed by atoms with E-state index in [0.717, 1.165) is 0 Å². The van der Waals surface area contributed by atoms with E-state index in [2.05, 4.69) is 9.97 Å². The Hall–Kier alpha value is -2.02. The van der Waals surface area contributed by atoms with Crippen molar-refractivity contribution in [1.29, 1.82) is 0 Å². The lowest BCUT2D eigenvalue weighted by Gasteiger charge is -2.09. The van der Waals surface area contributed by atoms with Crippen LogP contribution in [0.3, 0.4) is 0 Å². The molecule has 0 fully saturated rings. The monoisotopic (exact) mass is 302 g/mol. The molecule has 2 heterocycles. The van der Waals surface area contributed by atoms with Crippen LogP contribution in [0, 0.1) is 5.82 Å². The van der Waals surface area contributed by atoms with Gasteiger partial charge in [-0.05, 0) is 35.8 Å². The molecule has 0 aliphatic carbocycles. The zero-order chi connectivity index (χ0) is 15.0. The van der Waals surface area contributed by atoms with Crippen LogP contribution in [0.4, 0.5) is 4.39 Å². The predicted octanol–water partition coefficient (Wildman–Crippen LogP) is 1.77. The van der Waals surface area contributed by atoms with Crippen LogP contribution in [0.5, 0.6) is 0 Å². The summed E-state index contributed by atoms with van der Waals surface area (Å²) < 4.78 is 13.9. The molecule has 3 aromatic rings. The van der Waals surface area contributed by atoms with Gasteiger partial charge in [-0.3, -0.25) is 0 Å². The maximum Gasteiger partial charge on any atom is 0.489 e. The van der Waals surface area contributed by atoms with Gasteiger partial charge in [-0.25, -0.2) is 14.4 Å². The summed E-state index contributed by atoms with van der Waals surface area (Å²) in [5.41, 5.74) is 0.932. The first-order valence-electron chi connectivity index (χ1n) is 6.13. The smallest absolute Gasteiger partial charge is 0.423 e. The minimum atomic E-state index is -1.71. The van der Waals surface area contributed by atoms with Gasteiger partial charge in [0.05, 0.1) is 5.69 Å². The van der Waals surface area contributed by atoms with Crippen molar-refractivity contribution in [1.82, 2.24) is 9.97 Å². The predicted molar refractivity (Wildman–Crippen MR) is 79.8 cm³/mol. The Balaban J connectivity index is 2.31. The van der Waals surface area contributed by atoms with Crippen molar-refractivity contribution in [3.8, 4) is 11.3 Å². The first kappa shape index (κ1) is 13.9. The van der Waals surface area contributed by atoms with Crippen LogP contribution in [-0.4, -0.2) is 27.1 Å². The molecule has 0 spiro atoms. The van der Waals surface area contributed by atoms with Gasteiger partial charge in [-0.2, -0.15) is 0 Å². The van der Waals surface area contributed by atoms with Gasteiger partial charge in [0.2, 0.25) is 0 Å². The molecule has 0 bridgehead atoms. The van der Waals surface area contributed by atoms with Gasteiger partial charge in [0.15, 0.2) is 5.65 Å². The maximum absolute atomic E-state index is 13.9. The number of hydrogen-bond acceptors (Lipinski definition) is 4. The number of rotatable bonds is 2. The Kier molecular flexibility index (Phi) is 3.59. The average Bonchev–Trinajstić information content (AvgIpc) is 2.48. The lowest BCUT2D eigenvalue weighted by Crippen LogP contribution is -2.31. The molecule has 21 heavy (non-hydrogen) atoms. The largest absolute Gasteiger partial charge is 0.489 e. The molecule has 4 nitrogen and oxygen atoms in total. The van der Waals surface area contributed by atoms with E-state index in [0.29, 0.717) is 16.1 Å². The second kappa shape index (κ2) is 5.40. The van der Waals surface area contributed by atoms with Crippen molar-refractivity contribution in [2.75, 3.05) is 0 Å². The minimum Gasteiger partial charge on any atom is -0.423 e. The SMILES string of the molecule is OB(O)c1cc(-c2cc(Cl)ccc2F)nc2ncccc12. The van der Waals surface area contributed by atoms with E-state index in [1.807, 2.05) is 0 Å². The normalized spacial score (nSPS) is 10.9. The zero-order valence-corrected chi connectivity index (χ0v) is 11.4. The number of nitrogens with zero attached hydrogens (tertiary/aromatic N) is 2. The van der Waals surface area contributed by atoms with Gasteiger partial charge in [-0.15, -0.1) is 0 Å². The van der Waals surface area contributed by atoms with Gasteiger partial charge in [0.1, 0.15) is 5.82 Å². The molecule has 1 aromatic carbocycles. The van der Waals surface area contributed by atoms with Crippen LogP contribution < -0.4 is 5.46 Å². The molecule has 0 saturated heterocycles. The Bertz CT molecular complexity index is 829. The Morgan fingerprint density at radius 1 is 1.14 bits per heavy atom. The Labute approximate surface area is 125 Å². The van der Waals surface area contributed by atoms with Crippen molar-refractivity contribution >= 4 is 35.2 Å². The van der Waals surface area contributed by atoms with Gasteiger partial charge in [-0.1, -0.05) is 17.7 Å². The van der Waals surface area contributed by atoms with Crippen LogP contribution in [0.1, 0.15) is 0 Å². The molecule has 0 radical (unpaired) electrons. The van der Waals surface area contributed by atoms with Crippen LogP contribution >= 0.6 is 11.6 Å². The number of fused-ring (bicyclic) bond motifs is 1. The number of pyridine rings is 2. The van der Waals surface area contributed by atoms with Crippen molar-refractivity contribution in [2.45, 2.75) is 0 Å². The Morgan fingerprint density at radius 3 is 2.71 bits per heavy atom. The summed E-state index contributed by atoms with van der Waals surface area (Å²) in [6, 6.07) is 8.85. The summed E-state index contributed by atoms with van der Waals surface area (Å²) in [4.78, 5) is 8.33. The highest BCUT2D eigenvalue weighted by molar-refractivity contribution is 6.62.